The van der Waals surface area contributed by atoms with Gasteiger partial charge in [0.1, 0.15) is 0 Å². The highest BCUT2D eigenvalue weighted by Gasteiger charge is 2.23. The first-order valence-electron chi connectivity index (χ1n) is 8.13. The molecular weight excluding hydrogens is 361 g/mol. The molecule has 1 unspecified atom stereocenters. The molecule has 0 bridgehead atoms. The molecule has 7 heteroatoms. The third-order valence-corrected chi connectivity index (χ3v) is 4.55. The number of ether oxygens (including phenoxy) is 1. The first-order chi connectivity index (χ1) is 12.1. The number of rotatable bonds is 5. The maximum absolute atomic E-state index is 12.8. The van der Waals surface area contributed by atoms with E-state index in [9.17, 15) is 4.79 Å². The topological polar surface area (TPSA) is 54.5 Å². The molecule has 1 fully saturated rings. The van der Waals surface area contributed by atoms with Gasteiger partial charge in [-0.15, -0.1) is 0 Å². The number of aromatic nitrogens is 1. The number of carbonyl (C=O) groups is 1. The number of benzene rings is 1. The fraction of sp³-hybridized carbons (Fsp3) is 0.333. The molecule has 0 radical (unpaired) electrons. The average Bonchev–Trinajstić information content (AvgIpc) is 3.11. The third-order valence-electron chi connectivity index (χ3n) is 4.00. The lowest BCUT2D eigenvalue weighted by Gasteiger charge is -2.26. The number of halogens is 2. The van der Waals surface area contributed by atoms with Crippen molar-refractivity contribution in [2.45, 2.75) is 25.5 Å². The van der Waals surface area contributed by atoms with Gasteiger partial charge in [-0.3, -0.25) is 4.98 Å². The Labute approximate surface area is 156 Å². The predicted molar refractivity (Wildman–Crippen MR) is 99.1 cm³/mol. The Hall–Kier alpha value is -1.82. The van der Waals surface area contributed by atoms with E-state index in [-0.39, 0.29) is 12.1 Å². The standard InChI is InChI=1S/C18H19Cl2N3O2/c19-14-5-6-17(16(20)9-14)22-18(24)23(12-15-4-2-8-25-15)11-13-3-1-7-21-10-13/h1,3,5-7,9-10,15H,2,4,8,11-12H2,(H,22,24). The molecule has 5 nitrogen and oxygen atoms in total. The lowest BCUT2D eigenvalue weighted by Crippen LogP contribution is -2.39. The van der Waals surface area contributed by atoms with Crippen molar-refractivity contribution in [3.63, 3.8) is 0 Å². The number of amides is 2. The van der Waals surface area contributed by atoms with Gasteiger partial charge in [-0.1, -0.05) is 29.3 Å². The van der Waals surface area contributed by atoms with Crippen LogP contribution in [-0.2, 0) is 11.3 Å². The molecule has 132 valence electrons. The fourth-order valence-corrected chi connectivity index (χ4v) is 3.21. The summed E-state index contributed by atoms with van der Waals surface area (Å²) in [5.41, 5.74) is 1.48. The van der Waals surface area contributed by atoms with Crippen molar-refractivity contribution < 1.29 is 9.53 Å². The van der Waals surface area contributed by atoms with E-state index >= 15 is 0 Å². The average molecular weight is 380 g/mol. The zero-order valence-electron chi connectivity index (χ0n) is 13.6. The Balaban J connectivity index is 1.73. The Morgan fingerprint density at radius 2 is 2.24 bits per heavy atom. The van der Waals surface area contributed by atoms with Crippen molar-refractivity contribution in [2.75, 3.05) is 18.5 Å². The van der Waals surface area contributed by atoms with Crippen LogP contribution in [0.2, 0.25) is 10.0 Å². The van der Waals surface area contributed by atoms with Gasteiger partial charge in [0.05, 0.1) is 16.8 Å². The summed E-state index contributed by atoms with van der Waals surface area (Å²) < 4.78 is 5.68. The quantitative estimate of drug-likeness (QED) is 0.825. The highest BCUT2D eigenvalue weighted by atomic mass is 35.5. The van der Waals surface area contributed by atoms with Crippen molar-refractivity contribution in [1.29, 1.82) is 0 Å². The smallest absolute Gasteiger partial charge is 0.322 e. The van der Waals surface area contributed by atoms with E-state index in [0.29, 0.717) is 28.8 Å². The van der Waals surface area contributed by atoms with Crippen LogP contribution < -0.4 is 5.32 Å². The second kappa shape index (κ2) is 8.52. The van der Waals surface area contributed by atoms with E-state index < -0.39 is 0 Å². The van der Waals surface area contributed by atoms with Gasteiger partial charge in [0.15, 0.2) is 0 Å². The first-order valence-corrected chi connectivity index (χ1v) is 8.89. The van der Waals surface area contributed by atoms with E-state index in [4.69, 9.17) is 27.9 Å². The second-order valence-corrected chi connectivity index (χ2v) is 6.77. The lowest BCUT2D eigenvalue weighted by atomic mass is 10.2. The number of nitrogens with one attached hydrogen (secondary N) is 1. The summed E-state index contributed by atoms with van der Waals surface area (Å²) in [6, 6.07) is 8.55. The van der Waals surface area contributed by atoms with E-state index in [1.54, 1.807) is 35.5 Å². The van der Waals surface area contributed by atoms with Gasteiger partial charge in [-0.25, -0.2) is 4.79 Å². The van der Waals surface area contributed by atoms with Crippen LogP contribution in [0, 0.1) is 0 Å². The van der Waals surface area contributed by atoms with Gasteiger partial charge >= 0.3 is 6.03 Å². The summed E-state index contributed by atoms with van der Waals surface area (Å²) in [6.45, 7) is 1.71. The van der Waals surface area contributed by atoms with Gasteiger partial charge in [0.2, 0.25) is 0 Å². The number of hydrogen-bond acceptors (Lipinski definition) is 3. The number of anilines is 1. The molecule has 3 rings (SSSR count). The predicted octanol–water partition coefficient (Wildman–Crippen LogP) is 4.60. The molecular formula is C18H19Cl2N3O2. The molecule has 1 aromatic heterocycles. The highest BCUT2D eigenvalue weighted by molar-refractivity contribution is 6.36. The molecule has 2 heterocycles. The summed E-state index contributed by atoms with van der Waals surface area (Å²) in [7, 11) is 0. The number of urea groups is 1. The summed E-state index contributed by atoms with van der Waals surface area (Å²) in [5.74, 6) is 0. The molecule has 25 heavy (non-hydrogen) atoms. The van der Waals surface area contributed by atoms with Gasteiger partial charge in [-0.05, 0) is 42.7 Å². The van der Waals surface area contributed by atoms with Crippen molar-refractivity contribution in [3.8, 4) is 0 Å². The van der Waals surface area contributed by atoms with Crippen LogP contribution in [0.25, 0.3) is 0 Å². The molecule has 0 aliphatic carbocycles. The Kier molecular flexibility index (Phi) is 6.13. The molecule has 1 saturated heterocycles. The SMILES string of the molecule is O=C(Nc1ccc(Cl)cc1Cl)N(Cc1cccnc1)CC1CCCO1. The maximum Gasteiger partial charge on any atom is 0.322 e. The number of hydrogen-bond donors (Lipinski definition) is 1. The summed E-state index contributed by atoms with van der Waals surface area (Å²) in [6.07, 6.45) is 5.50. The van der Waals surface area contributed by atoms with Crippen LogP contribution in [0.5, 0.6) is 0 Å². The Bertz CT molecular complexity index is 722. The normalized spacial score (nSPS) is 16.6. The Morgan fingerprint density at radius 3 is 2.92 bits per heavy atom. The minimum atomic E-state index is -0.233. The molecule has 1 aliphatic rings. The van der Waals surface area contributed by atoms with E-state index in [1.807, 2.05) is 12.1 Å². The van der Waals surface area contributed by atoms with Gasteiger partial charge in [0.25, 0.3) is 0 Å². The molecule has 0 saturated carbocycles. The Morgan fingerprint density at radius 1 is 1.36 bits per heavy atom. The molecule has 2 amide bonds. The van der Waals surface area contributed by atoms with Crippen LogP contribution in [-0.4, -0.2) is 35.2 Å². The van der Waals surface area contributed by atoms with Crippen molar-refractivity contribution in [1.82, 2.24) is 9.88 Å². The first kappa shape index (κ1) is 18.0. The summed E-state index contributed by atoms with van der Waals surface area (Å²) in [4.78, 5) is 18.6. The third kappa shape index (κ3) is 5.08. The fourth-order valence-electron chi connectivity index (χ4n) is 2.75. The van der Waals surface area contributed by atoms with Gasteiger partial charge < -0.3 is 15.0 Å². The van der Waals surface area contributed by atoms with E-state index in [2.05, 4.69) is 10.3 Å². The molecule has 1 aliphatic heterocycles. The maximum atomic E-state index is 12.8. The van der Waals surface area contributed by atoms with Crippen LogP contribution in [0.4, 0.5) is 10.5 Å². The van der Waals surface area contributed by atoms with Crippen molar-refractivity contribution in [2.24, 2.45) is 0 Å². The molecule has 1 N–H and O–H groups in total. The monoisotopic (exact) mass is 379 g/mol. The number of carbonyl (C=O) groups excluding carboxylic acids is 1. The van der Waals surface area contributed by atoms with Crippen molar-refractivity contribution in [3.05, 3.63) is 58.3 Å². The zero-order chi connectivity index (χ0) is 17.6. The molecule has 1 atom stereocenters. The van der Waals surface area contributed by atoms with Gasteiger partial charge in [-0.2, -0.15) is 0 Å². The highest BCUT2D eigenvalue weighted by Crippen LogP contribution is 2.26. The van der Waals surface area contributed by atoms with Crippen LogP contribution >= 0.6 is 23.2 Å². The lowest BCUT2D eigenvalue weighted by molar-refractivity contribution is 0.0819. The minimum Gasteiger partial charge on any atom is -0.376 e. The van der Waals surface area contributed by atoms with Crippen LogP contribution in [0.3, 0.4) is 0 Å². The largest absolute Gasteiger partial charge is 0.376 e. The summed E-state index contributed by atoms with van der Waals surface area (Å²) in [5, 5.41) is 3.78. The van der Waals surface area contributed by atoms with E-state index in [0.717, 1.165) is 25.0 Å². The van der Waals surface area contributed by atoms with Crippen molar-refractivity contribution >= 4 is 34.9 Å². The summed E-state index contributed by atoms with van der Waals surface area (Å²) >= 11 is 12.1. The number of pyridine rings is 1. The zero-order valence-corrected chi connectivity index (χ0v) is 15.1. The second-order valence-electron chi connectivity index (χ2n) is 5.93. The number of nitrogens with zero attached hydrogens (tertiary/aromatic N) is 2. The molecule has 1 aromatic carbocycles. The van der Waals surface area contributed by atoms with Crippen LogP contribution in [0.15, 0.2) is 42.7 Å². The molecule has 2 aromatic rings. The molecule has 0 spiro atoms. The van der Waals surface area contributed by atoms with Gasteiger partial charge in [0, 0.05) is 37.1 Å². The minimum absolute atomic E-state index is 0.0584. The van der Waals surface area contributed by atoms with E-state index in [1.165, 1.54) is 0 Å². The van der Waals surface area contributed by atoms with Crippen LogP contribution in [0.1, 0.15) is 18.4 Å².